The summed E-state index contributed by atoms with van der Waals surface area (Å²) in [6.45, 7) is 5.13. The van der Waals surface area contributed by atoms with E-state index in [4.69, 9.17) is 12.2 Å². The van der Waals surface area contributed by atoms with Crippen molar-refractivity contribution in [3.63, 3.8) is 0 Å². The van der Waals surface area contributed by atoms with E-state index in [1.165, 1.54) is 11.1 Å². The Morgan fingerprint density at radius 2 is 1.79 bits per heavy atom. The zero-order valence-electron chi connectivity index (χ0n) is 14.4. The summed E-state index contributed by atoms with van der Waals surface area (Å²) < 4.78 is 0. The van der Waals surface area contributed by atoms with Crippen molar-refractivity contribution in [3.05, 3.63) is 65.7 Å². The van der Waals surface area contributed by atoms with E-state index < -0.39 is 0 Å². The molecule has 1 heterocycles. The molecule has 0 amide bonds. The molecule has 0 aromatic heterocycles. The summed E-state index contributed by atoms with van der Waals surface area (Å²) in [6, 6.07) is 19.4. The van der Waals surface area contributed by atoms with Gasteiger partial charge in [0.25, 0.3) is 0 Å². The number of likely N-dealkylation sites (N-methyl/N-ethyl adjacent to an activating group) is 1. The molecule has 1 N–H and O–H groups in total. The molecule has 0 saturated carbocycles. The van der Waals surface area contributed by atoms with Crippen molar-refractivity contribution in [1.29, 1.82) is 0 Å². The molecule has 0 unspecified atom stereocenters. The molecule has 1 saturated heterocycles. The number of rotatable bonds is 3. The maximum Gasteiger partial charge on any atom is 0.174 e. The summed E-state index contributed by atoms with van der Waals surface area (Å²) in [6.07, 6.45) is 0.997. The monoisotopic (exact) mass is 339 g/mol. The summed E-state index contributed by atoms with van der Waals surface area (Å²) in [5.41, 5.74) is 3.73. The second-order valence-electron chi connectivity index (χ2n) is 6.32. The minimum absolute atomic E-state index is 0.290. The lowest BCUT2D eigenvalue weighted by Gasteiger charge is -2.42. The van der Waals surface area contributed by atoms with Gasteiger partial charge in [-0.2, -0.15) is 0 Å². The lowest BCUT2D eigenvalue weighted by molar-refractivity contribution is 0.153. The number of nitrogens with zero attached hydrogens (tertiary/aromatic N) is 2. The van der Waals surface area contributed by atoms with Gasteiger partial charge >= 0.3 is 0 Å². The molecule has 3 rings (SSSR count). The SMILES string of the molecule is CCc1ccccc1NC(=S)N1CCN(C)C[C@H]1c1ccccc1. The Hall–Kier alpha value is -1.91. The van der Waals surface area contributed by atoms with Gasteiger partial charge in [-0.05, 0) is 42.9 Å². The number of piperazine rings is 1. The van der Waals surface area contributed by atoms with Crippen LogP contribution in [0.4, 0.5) is 5.69 Å². The summed E-state index contributed by atoms with van der Waals surface area (Å²) >= 11 is 5.78. The molecule has 2 aromatic rings. The fraction of sp³-hybridized carbons (Fsp3) is 0.350. The van der Waals surface area contributed by atoms with Gasteiger partial charge in [-0.3, -0.25) is 0 Å². The van der Waals surface area contributed by atoms with Crippen LogP contribution in [0, 0.1) is 0 Å². The number of anilines is 1. The maximum absolute atomic E-state index is 5.78. The number of aryl methyl sites for hydroxylation is 1. The molecule has 0 spiro atoms. The van der Waals surface area contributed by atoms with E-state index in [-0.39, 0.29) is 0 Å². The van der Waals surface area contributed by atoms with E-state index in [1.54, 1.807) is 0 Å². The van der Waals surface area contributed by atoms with Crippen molar-refractivity contribution in [2.75, 3.05) is 32.0 Å². The molecular formula is C20H25N3S. The smallest absolute Gasteiger partial charge is 0.174 e. The number of benzene rings is 2. The molecule has 1 aliphatic rings. The highest BCUT2D eigenvalue weighted by atomic mass is 32.1. The van der Waals surface area contributed by atoms with Gasteiger partial charge in [-0.25, -0.2) is 0 Å². The maximum atomic E-state index is 5.78. The molecule has 4 heteroatoms. The molecule has 0 radical (unpaired) electrons. The molecule has 1 fully saturated rings. The standard InChI is InChI=1S/C20H25N3S/c1-3-16-9-7-8-12-18(16)21-20(24)23-14-13-22(2)15-19(23)17-10-5-4-6-11-17/h4-12,19H,3,13-15H2,1-2H3,(H,21,24)/t19-/m0/s1. The third kappa shape index (κ3) is 3.77. The first kappa shape index (κ1) is 16.9. The summed E-state index contributed by atoms with van der Waals surface area (Å²) in [5.74, 6) is 0. The lowest BCUT2D eigenvalue weighted by atomic mass is 10.0. The van der Waals surface area contributed by atoms with Gasteiger partial charge in [0.15, 0.2) is 5.11 Å². The van der Waals surface area contributed by atoms with Crippen LogP contribution in [0.15, 0.2) is 54.6 Å². The Morgan fingerprint density at radius 3 is 2.54 bits per heavy atom. The van der Waals surface area contributed by atoms with E-state index in [0.29, 0.717) is 6.04 Å². The first-order chi connectivity index (χ1) is 11.7. The third-order valence-corrected chi connectivity index (χ3v) is 5.01. The number of thiocarbonyl (C=S) groups is 1. The minimum Gasteiger partial charge on any atom is -0.339 e. The average molecular weight is 340 g/mol. The Bertz CT molecular complexity index is 686. The normalized spacial score (nSPS) is 18.4. The Kier molecular flexibility index (Phi) is 5.48. The zero-order valence-corrected chi connectivity index (χ0v) is 15.2. The van der Waals surface area contributed by atoms with Crippen LogP contribution in [-0.2, 0) is 6.42 Å². The van der Waals surface area contributed by atoms with Crippen LogP contribution in [0.2, 0.25) is 0 Å². The van der Waals surface area contributed by atoms with Gasteiger partial charge in [0.1, 0.15) is 0 Å². The van der Waals surface area contributed by atoms with Crippen molar-refractivity contribution in [2.24, 2.45) is 0 Å². The van der Waals surface area contributed by atoms with Gasteiger partial charge < -0.3 is 15.1 Å². The van der Waals surface area contributed by atoms with Crippen LogP contribution in [0.5, 0.6) is 0 Å². The van der Waals surface area contributed by atoms with Gasteiger partial charge in [0, 0.05) is 25.3 Å². The largest absolute Gasteiger partial charge is 0.339 e. The molecular weight excluding hydrogens is 314 g/mol. The zero-order chi connectivity index (χ0) is 16.9. The number of hydrogen-bond acceptors (Lipinski definition) is 2. The van der Waals surface area contributed by atoms with Gasteiger partial charge in [-0.1, -0.05) is 55.5 Å². The number of nitrogens with one attached hydrogen (secondary N) is 1. The van der Waals surface area contributed by atoms with Crippen LogP contribution < -0.4 is 5.32 Å². The van der Waals surface area contributed by atoms with E-state index in [2.05, 4.69) is 83.7 Å². The highest BCUT2D eigenvalue weighted by Gasteiger charge is 2.28. The predicted octanol–water partition coefficient (Wildman–Crippen LogP) is 3.93. The molecule has 1 aliphatic heterocycles. The van der Waals surface area contributed by atoms with E-state index in [0.717, 1.165) is 36.9 Å². The van der Waals surface area contributed by atoms with Crippen LogP contribution >= 0.6 is 12.2 Å². The average Bonchev–Trinajstić information content (AvgIpc) is 2.62. The van der Waals surface area contributed by atoms with Crippen LogP contribution in [0.3, 0.4) is 0 Å². The van der Waals surface area contributed by atoms with Crippen LogP contribution in [-0.4, -0.2) is 41.6 Å². The highest BCUT2D eigenvalue weighted by molar-refractivity contribution is 7.80. The molecule has 1 atom stereocenters. The molecule has 0 aliphatic carbocycles. The van der Waals surface area contributed by atoms with Crippen molar-refractivity contribution in [1.82, 2.24) is 9.80 Å². The first-order valence-electron chi connectivity index (χ1n) is 8.58. The molecule has 3 nitrogen and oxygen atoms in total. The van der Waals surface area contributed by atoms with Crippen molar-refractivity contribution in [2.45, 2.75) is 19.4 Å². The Morgan fingerprint density at radius 1 is 1.08 bits per heavy atom. The predicted molar refractivity (Wildman–Crippen MR) is 105 cm³/mol. The summed E-state index contributed by atoms with van der Waals surface area (Å²) in [4.78, 5) is 4.70. The van der Waals surface area contributed by atoms with Crippen molar-refractivity contribution < 1.29 is 0 Å². The number of para-hydroxylation sites is 1. The van der Waals surface area contributed by atoms with Gasteiger partial charge in [-0.15, -0.1) is 0 Å². The van der Waals surface area contributed by atoms with E-state index >= 15 is 0 Å². The van der Waals surface area contributed by atoms with Crippen LogP contribution in [0.25, 0.3) is 0 Å². The van der Waals surface area contributed by atoms with Crippen molar-refractivity contribution >= 4 is 23.0 Å². The fourth-order valence-corrected chi connectivity index (χ4v) is 3.59. The number of hydrogen-bond donors (Lipinski definition) is 1. The quantitative estimate of drug-likeness (QED) is 0.854. The summed E-state index contributed by atoms with van der Waals surface area (Å²) in [5, 5.41) is 4.30. The topological polar surface area (TPSA) is 18.5 Å². The molecule has 0 bridgehead atoms. The second-order valence-corrected chi connectivity index (χ2v) is 6.71. The van der Waals surface area contributed by atoms with Gasteiger partial charge in [0.05, 0.1) is 6.04 Å². The van der Waals surface area contributed by atoms with Crippen molar-refractivity contribution in [3.8, 4) is 0 Å². The Labute approximate surface area is 150 Å². The fourth-order valence-electron chi connectivity index (χ4n) is 3.26. The first-order valence-corrected chi connectivity index (χ1v) is 8.99. The lowest BCUT2D eigenvalue weighted by Crippen LogP contribution is -2.50. The van der Waals surface area contributed by atoms with E-state index in [1.807, 2.05) is 0 Å². The van der Waals surface area contributed by atoms with E-state index in [9.17, 15) is 0 Å². The molecule has 126 valence electrons. The highest BCUT2D eigenvalue weighted by Crippen LogP contribution is 2.26. The summed E-state index contributed by atoms with van der Waals surface area (Å²) in [7, 11) is 2.18. The Balaban J connectivity index is 1.81. The minimum atomic E-state index is 0.290. The molecule has 2 aromatic carbocycles. The van der Waals surface area contributed by atoms with Gasteiger partial charge in [0.2, 0.25) is 0 Å². The third-order valence-electron chi connectivity index (χ3n) is 4.67. The molecule has 24 heavy (non-hydrogen) atoms. The van der Waals surface area contributed by atoms with Crippen LogP contribution in [0.1, 0.15) is 24.1 Å². The second kappa shape index (κ2) is 7.77.